The predicted molar refractivity (Wildman–Crippen MR) is 126 cm³/mol. The maximum absolute atomic E-state index is 4.76. The molecule has 0 radical (unpaired) electrons. The predicted octanol–water partition coefficient (Wildman–Crippen LogP) is 9.23. The Labute approximate surface area is 171 Å². The third kappa shape index (κ3) is 19.7. The van der Waals surface area contributed by atoms with E-state index in [1.807, 2.05) is 0 Å². The molecule has 0 aromatic heterocycles. The second kappa shape index (κ2) is 19.9. The summed E-state index contributed by atoms with van der Waals surface area (Å²) < 4.78 is 0. The molecular weight excluding hydrogens is 326 g/mol. The highest BCUT2D eigenvalue weighted by atomic mass is 14.7. The number of allylic oxidation sites excluding steroid dienone is 4. The smallest absolute Gasteiger partial charge is 0.0388 e. The molecular formula is C26H49N. The van der Waals surface area contributed by atoms with Gasteiger partial charge >= 0.3 is 0 Å². The number of unbranched alkanes of at least 4 members (excludes halogenated alkanes) is 9. The fourth-order valence-corrected chi connectivity index (χ4v) is 3.29. The van der Waals surface area contributed by atoms with E-state index in [9.17, 15) is 0 Å². The van der Waals surface area contributed by atoms with Crippen molar-refractivity contribution in [2.75, 3.05) is 6.54 Å². The molecule has 0 aromatic rings. The van der Waals surface area contributed by atoms with Crippen LogP contribution < -0.4 is 0 Å². The lowest BCUT2D eigenvalue weighted by atomic mass is 10.0. The molecule has 0 aliphatic rings. The lowest BCUT2D eigenvalue weighted by Gasteiger charge is -2.04. The summed E-state index contributed by atoms with van der Waals surface area (Å²) in [4.78, 5) is 4.76. The second-order valence-corrected chi connectivity index (χ2v) is 8.37. The Kier molecular flexibility index (Phi) is 19.3. The maximum Gasteiger partial charge on any atom is 0.0388 e. The van der Waals surface area contributed by atoms with Crippen LogP contribution in [0.1, 0.15) is 131 Å². The first-order chi connectivity index (χ1) is 13.1. The van der Waals surface area contributed by atoms with E-state index >= 15 is 0 Å². The van der Waals surface area contributed by atoms with Gasteiger partial charge in [-0.05, 0) is 65.7 Å². The molecule has 158 valence electrons. The molecule has 1 heteroatoms. The van der Waals surface area contributed by atoms with Crippen molar-refractivity contribution in [3.63, 3.8) is 0 Å². The van der Waals surface area contributed by atoms with Crippen LogP contribution in [0.5, 0.6) is 0 Å². The molecule has 0 aliphatic carbocycles. The van der Waals surface area contributed by atoms with Crippen molar-refractivity contribution in [2.24, 2.45) is 4.99 Å². The van der Waals surface area contributed by atoms with Crippen molar-refractivity contribution in [2.45, 2.75) is 131 Å². The largest absolute Gasteiger partial charge is 0.294 e. The molecule has 1 nitrogen and oxygen atoms in total. The normalized spacial score (nSPS) is 13.4. The minimum absolute atomic E-state index is 1.03. The number of aliphatic imine (C=N–C) groups is 1. The van der Waals surface area contributed by atoms with Crippen LogP contribution in [-0.4, -0.2) is 12.3 Å². The summed E-state index contributed by atoms with van der Waals surface area (Å²) in [6.45, 7) is 12.4. The zero-order chi connectivity index (χ0) is 20.2. The first-order valence-corrected chi connectivity index (χ1v) is 11.9. The van der Waals surface area contributed by atoms with Crippen LogP contribution in [0.15, 0.2) is 28.3 Å². The van der Waals surface area contributed by atoms with E-state index in [-0.39, 0.29) is 0 Å². The van der Waals surface area contributed by atoms with Crippen molar-refractivity contribution in [3.05, 3.63) is 23.3 Å². The number of hydrogen-bond donors (Lipinski definition) is 0. The van der Waals surface area contributed by atoms with Crippen molar-refractivity contribution in [1.82, 2.24) is 0 Å². The van der Waals surface area contributed by atoms with Gasteiger partial charge in [-0.1, -0.05) is 88.5 Å². The fourth-order valence-electron chi connectivity index (χ4n) is 3.29. The molecule has 0 rings (SSSR count). The molecule has 0 fully saturated rings. The van der Waals surface area contributed by atoms with Gasteiger partial charge in [-0.15, -0.1) is 0 Å². The molecule has 0 aliphatic heterocycles. The average molecular weight is 376 g/mol. The molecule has 0 aromatic carbocycles. The van der Waals surface area contributed by atoms with Crippen LogP contribution in [0, 0.1) is 0 Å². The lowest BCUT2D eigenvalue weighted by Crippen LogP contribution is -1.95. The van der Waals surface area contributed by atoms with E-state index in [2.05, 4.69) is 46.8 Å². The van der Waals surface area contributed by atoms with Crippen LogP contribution in [0.4, 0.5) is 0 Å². The summed E-state index contributed by atoms with van der Waals surface area (Å²) in [6.07, 6.45) is 24.5. The van der Waals surface area contributed by atoms with Gasteiger partial charge in [-0.25, -0.2) is 0 Å². The van der Waals surface area contributed by atoms with E-state index in [0.29, 0.717) is 0 Å². The maximum atomic E-state index is 4.76. The number of rotatable bonds is 18. The third-order valence-corrected chi connectivity index (χ3v) is 5.36. The SMILES string of the molecule is CCCCCC/C=C(\C)CC/C=C(\C)CC/C(C)=N/CCCCCCCC. The molecule has 27 heavy (non-hydrogen) atoms. The zero-order valence-corrected chi connectivity index (χ0v) is 19.4. The number of nitrogens with zero attached hydrogens (tertiary/aromatic N) is 1. The second-order valence-electron chi connectivity index (χ2n) is 8.37. The Morgan fingerprint density at radius 2 is 1.15 bits per heavy atom. The monoisotopic (exact) mass is 375 g/mol. The quantitative estimate of drug-likeness (QED) is 0.128. The molecule has 0 bridgehead atoms. The average Bonchev–Trinajstić information content (AvgIpc) is 2.65. The van der Waals surface area contributed by atoms with E-state index in [4.69, 9.17) is 4.99 Å². The molecule has 0 unspecified atom stereocenters. The van der Waals surface area contributed by atoms with Gasteiger partial charge in [-0.3, -0.25) is 4.99 Å². The minimum Gasteiger partial charge on any atom is -0.294 e. The van der Waals surface area contributed by atoms with E-state index in [0.717, 1.165) is 13.0 Å². The van der Waals surface area contributed by atoms with Gasteiger partial charge in [0.1, 0.15) is 0 Å². The van der Waals surface area contributed by atoms with Crippen LogP contribution in [0.25, 0.3) is 0 Å². The minimum atomic E-state index is 1.03. The first kappa shape index (κ1) is 26.1. The van der Waals surface area contributed by atoms with E-state index in [1.165, 1.54) is 101 Å². The van der Waals surface area contributed by atoms with Gasteiger partial charge in [0.05, 0.1) is 0 Å². The highest BCUT2D eigenvalue weighted by molar-refractivity contribution is 5.82. The van der Waals surface area contributed by atoms with Crippen molar-refractivity contribution >= 4 is 5.71 Å². The van der Waals surface area contributed by atoms with Gasteiger partial charge in [-0.2, -0.15) is 0 Å². The highest BCUT2D eigenvalue weighted by Gasteiger charge is 1.96. The van der Waals surface area contributed by atoms with Crippen LogP contribution >= 0.6 is 0 Å². The standard InChI is InChI=1S/C26H49N/c1-6-8-10-12-14-16-23-27-26(5)22-21-25(4)20-17-19-24(3)18-15-13-11-9-7-2/h18,20H,6-17,19,21-23H2,1-5H3/b24-18+,25-20+,27-26+. The summed E-state index contributed by atoms with van der Waals surface area (Å²) in [7, 11) is 0. The summed E-state index contributed by atoms with van der Waals surface area (Å²) >= 11 is 0. The van der Waals surface area contributed by atoms with Crippen molar-refractivity contribution < 1.29 is 0 Å². The van der Waals surface area contributed by atoms with Gasteiger partial charge in [0.25, 0.3) is 0 Å². The molecule has 0 amide bonds. The Morgan fingerprint density at radius 3 is 1.85 bits per heavy atom. The molecule has 0 saturated heterocycles. The fraction of sp³-hybridized carbons (Fsp3) is 0.808. The van der Waals surface area contributed by atoms with Gasteiger partial charge in [0.15, 0.2) is 0 Å². The van der Waals surface area contributed by atoms with Gasteiger partial charge in [0, 0.05) is 12.3 Å². The zero-order valence-electron chi connectivity index (χ0n) is 19.4. The Balaban J connectivity index is 3.78. The Morgan fingerprint density at radius 1 is 0.593 bits per heavy atom. The van der Waals surface area contributed by atoms with Crippen LogP contribution in [0.2, 0.25) is 0 Å². The summed E-state index contributed by atoms with van der Waals surface area (Å²) in [5.74, 6) is 0. The summed E-state index contributed by atoms with van der Waals surface area (Å²) in [5, 5.41) is 0. The van der Waals surface area contributed by atoms with E-state index < -0.39 is 0 Å². The van der Waals surface area contributed by atoms with Crippen molar-refractivity contribution in [1.29, 1.82) is 0 Å². The highest BCUT2D eigenvalue weighted by Crippen LogP contribution is 2.13. The summed E-state index contributed by atoms with van der Waals surface area (Å²) in [6, 6.07) is 0. The van der Waals surface area contributed by atoms with Gasteiger partial charge in [0.2, 0.25) is 0 Å². The Hall–Kier alpha value is -0.850. The van der Waals surface area contributed by atoms with Crippen LogP contribution in [0.3, 0.4) is 0 Å². The van der Waals surface area contributed by atoms with Crippen molar-refractivity contribution in [3.8, 4) is 0 Å². The first-order valence-electron chi connectivity index (χ1n) is 11.9. The third-order valence-electron chi connectivity index (χ3n) is 5.36. The van der Waals surface area contributed by atoms with E-state index in [1.54, 1.807) is 5.57 Å². The van der Waals surface area contributed by atoms with Crippen LogP contribution in [-0.2, 0) is 0 Å². The number of hydrogen-bond acceptors (Lipinski definition) is 1. The molecule has 0 saturated carbocycles. The molecule has 0 heterocycles. The molecule has 0 spiro atoms. The summed E-state index contributed by atoms with van der Waals surface area (Å²) in [5.41, 5.74) is 4.42. The van der Waals surface area contributed by atoms with Gasteiger partial charge < -0.3 is 0 Å². The molecule has 0 N–H and O–H groups in total. The molecule has 0 atom stereocenters. The Bertz CT molecular complexity index is 414. The topological polar surface area (TPSA) is 12.4 Å². The lowest BCUT2D eigenvalue weighted by molar-refractivity contribution is 0.612.